The number of carbonyl (C=O) groups excluding carboxylic acids is 4. The molecule has 1 aliphatic rings. The molecular formula is C42H76O10. The van der Waals surface area contributed by atoms with Crippen molar-refractivity contribution in [3.63, 3.8) is 0 Å². The number of rotatable bonds is 34. The van der Waals surface area contributed by atoms with E-state index in [9.17, 15) is 19.2 Å². The molecule has 1 saturated heterocycles. The summed E-state index contributed by atoms with van der Waals surface area (Å²) in [5.74, 6) is -1.81. The minimum atomic E-state index is -0.793. The number of unbranched alkanes of at least 4 members (excludes halogenated alkanes) is 18. The van der Waals surface area contributed by atoms with Gasteiger partial charge in [-0.05, 0) is 52.4 Å². The van der Waals surface area contributed by atoms with Crippen molar-refractivity contribution >= 4 is 23.9 Å². The number of hydrogen-bond donors (Lipinski definition) is 0. The zero-order valence-corrected chi connectivity index (χ0v) is 33.7. The zero-order valence-electron chi connectivity index (χ0n) is 33.7. The first-order chi connectivity index (χ1) is 25.1. The first kappa shape index (κ1) is 47.8. The van der Waals surface area contributed by atoms with Gasteiger partial charge in [-0.15, -0.1) is 0 Å². The Labute approximate surface area is 316 Å². The molecule has 0 aromatic rings. The molecule has 304 valence electrons. The molecule has 1 rings (SSSR count). The molecule has 0 unspecified atom stereocenters. The van der Waals surface area contributed by atoms with E-state index < -0.39 is 11.2 Å². The van der Waals surface area contributed by atoms with Crippen molar-refractivity contribution in [2.75, 3.05) is 39.6 Å². The van der Waals surface area contributed by atoms with E-state index in [1.807, 2.05) is 13.8 Å². The van der Waals surface area contributed by atoms with Crippen molar-refractivity contribution in [3.05, 3.63) is 0 Å². The highest BCUT2D eigenvalue weighted by molar-refractivity contribution is 5.70. The van der Waals surface area contributed by atoms with Crippen molar-refractivity contribution in [2.45, 2.75) is 200 Å². The standard InChI is InChI=1S/C42H76O10/c1-5-7-9-11-13-15-17-25-31-47-37(43)27-21-19-23-29-39(45)49-33-42(35-51-41(3,4)52-36-42)34-50-40(46)30-24-20-22-28-38(44)48-32-26-18-16-14-12-10-8-6-2/h5-36H2,1-4H3. The third kappa shape index (κ3) is 27.4. The van der Waals surface area contributed by atoms with E-state index in [0.717, 1.165) is 38.5 Å². The maximum Gasteiger partial charge on any atom is 0.305 e. The predicted octanol–water partition coefficient (Wildman–Crippen LogP) is 10.1. The highest BCUT2D eigenvalue weighted by Crippen LogP contribution is 2.31. The normalized spacial score (nSPS) is 14.8. The van der Waals surface area contributed by atoms with Crippen LogP contribution < -0.4 is 0 Å². The molecule has 0 amide bonds. The first-order valence-corrected chi connectivity index (χ1v) is 21.0. The summed E-state index contributed by atoms with van der Waals surface area (Å²) in [7, 11) is 0. The van der Waals surface area contributed by atoms with Crippen molar-refractivity contribution in [3.8, 4) is 0 Å². The van der Waals surface area contributed by atoms with Gasteiger partial charge in [0.2, 0.25) is 0 Å². The molecule has 0 atom stereocenters. The van der Waals surface area contributed by atoms with E-state index in [2.05, 4.69) is 13.8 Å². The van der Waals surface area contributed by atoms with Gasteiger partial charge >= 0.3 is 23.9 Å². The Hall–Kier alpha value is -2.20. The van der Waals surface area contributed by atoms with E-state index in [-0.39, 0.29) is 63.1 Å². The SMILES string of the molecule is CCCCCCCCCCOC(=O)CCCCCC(=O)OCC1(COC(=O)CCCCCC(=O)OCCCCCCCCCC)COC(C)(C)OC1. The Bertz CT molecular complexity index is 862. The van der Waals surface area contributed by atoms with E-state index >= 15 is 0 Å². The van der Waals surface area contributed by atoms with E-state index in [0.29, 0.717) is 51.7 Å². The Morgan fingerprint density at radius 3 is 1.06 bits per heavy atom. The molecule has 0 N–H and O–H groups in total. The maximum atomic E-state index is 12.5. The van der Waals surface area contributed by atoms with Crippen LogP contribution >= 0.6 is 0 Å². The summed E-state index contributed by atoms with van der Waals surface area (Å²) in [6, 6.07) is 0. The number of esters is 4. The van der Waals surface area contributed by atoms with Crippen LogP contribution in [-0.2, 0) is 47.6 Å². The lowest BCUT2D eigenvalue weighted by Gasteiger charge is -2.42. The minimum Gasteiger partial charge on any atom is -0.466 e. The molecule has 0 radical (unpaired) electrons. The van der Waals surface area contributed by atoms with Crippen LogP contribution in [0.3, 0.4) is 0 Å². The Morgan fingerprint density at radius 1 is 0.423 bits per heavy atom. The largest absolute Gasteiger partial charge is 0.466 e. The molecule has 1 heterocycles. The smallest absolute Gasteiger partial charge is 0.305 e. The van der Waals surface area contributed by atoms with Gasteiger partial charge in [-0.1, -0.05) is 117 Å². The molecule has 1 aliphatic heterocycles. The van der Waals surface area contributed by atoms with Gasteiger partial charge in [-0.2, -0.15) is 0 Å². The van der Waals surface area contributed by atoms with Crippen LogP contribution in [0.4, 0.5) is 0 Å². The number of hydrogen-bond acceptors (Lipinski definition) is 10. The van der Waals surface area contributed by atoms with Crippen LogP contribution in [0.15, 0.2) is 0 Å². The third-order valence-corrected chi connectivity index (χ3v) is 9.58. The van der Waals surface area contributed by atoms with Crippen molar-refractivity contribution in [1.29, 1.82) is 0 Å². The summed E-state index contributed by atoms with van der Waals surface area (Å²) in [6.07, 6.45) is 24.5. The van der Waals surface area contributed by atoms with Gasteiger partial charge < -0.3 is 28.4 Å². The highest BCUT2D eigenvalue weighted by atomic mass is 16.7. The van der Waals surface area contributed by atoms with Crippen LogP contribution in [0.1, 0.15) is 195 Å². The minimum absolute atomic E-state index is 0.0152. The lowest BCUT2D eigenvalue weighted by Crippen LogP contribution is -2.51. The molecule has 0 spiro atoms. The molecule has 0 aromatic heterocycles. The van der Waals surface area contributed by atoms with Crippen LogP contribution in [0, 0.1) is 5.41 Å². The Balaban J connectivity index is 2.18. The summed E-state index contributed by atoms with van der Waals surface area (Å²) in [5, 5.41) is 0. The van der Waals surface area contributed by atoms with Gasteiger partial charge in [-0.25, -0.2) is 0 Å². The Morgan fingerprint density at radius 2 is 0.712 bits per heavy atom. The van der Waals surface area contributed by atoms with Crippen LogP contribution in [0.5, 0.6) is 0 Å². The number of carbonyl (C=O) groups is 4. The molecule has 10 heteroatoms. The predicted molar refractivity (Wildman–Crippen MR) is 204 cm³/mol. The molecular weight excluding hydrogens is 664 g/mol. The first-order valence-electron chi connectivity index (χ1n) is 21.0. The molecule has 0 aliphatic carbocycles. The summed E-state index contributed by atoms with van der Waals surface area (Å²) in [5.41, 5.74) is -0.793. The molecule has 0 aromatic carbocycles. The quantitative estimate of drug-likeness (QED) is 0.0358. The lowest BCUT2D eigenvalue weighted by atomic mass is 9.91. The molecule has 1 fully saturated rings. The van der Waals surface area contributed by atoms with E-state index in [1.54, 1.807) is 0 Å². The second-order valence-corrected chi connectivity index (χ2v) is 15.3. The van der Waals surface area contributed by atoms with Crippen molar-refractivity contribution in [2.24, 2.45) is 5.41 Å². The average molecular weight is 741 g/mol. The lowest BCUT2D eigenvalue weighted by molar-refractivity contribution is -0.296. The highest BCUT2D eigenvalue weighted by Gasteiger charge is 2.42. The van der Waals surface area contributed by atoms with Gasteiger partial charge in [0.05, 0.1) is 31.8 Å². The van der Waals surface area contributed by atoms with Gasteiger partial charge in [-0.3, -0.25) is 19.2 Å². The summed E-state index contributed by atoms with van der Waals surface area (Å²) < 4.78 is 33.6. The number of ether oxygens (including phenoxy) is 6. The van der Waals surface area contributed by atoms with E-state index in [4.69, 9.17) is 28.4 Å². The summed E-state index contributed by atoms with van der Waals surface area (Å²) in [4.78, 5) is 49.1. The van der Waals surface area contributed by atoms with E-state index in [1.165, 1.54) is 77.0 Å². The fourth-order valence-electron chi connectivity index (χ4n) is 5.98. The molecule has 10 nitrogen and oxygen atoms in total. The summed E-state index contributed by atoms with van der Waals surface area (Å²) in [6.45, 7) is 9.52. The monoisotopic (exact) mass is 741 g/mol. The van der Waals surface area contributed by atoms with Crippen molar-refractivity contribution in [1.82, 2.24) is 0 Å². The van der Waals surface area contributed by atoms with Crippen molar-refractivity contribution < 1.29 is 47.6 Å². The second-order valence-electron chi connectivity index (χ2n) is 15.3. The molecule has 52 heavy (non-hydrogen) atoms. The van der Waals surface area contributed by atoms with Gasteiger partial charge in [0, 0.05) is 25.7 Å². The van der Waals surface area contributed by atoms with Crippen LogP contribution in [0.2, 0.25) is 0 Å². The molecule has 0 bridgehead atoms. The zero-order chi connectivity index (χ0) is 38.2. The fraction of sp³-hybridized carbons (Fsp3) is 0.905. The van der Waals surface area contributed by atoms with Crippen LogP contribution in [-0.4, -0.2) is 69.3 Å². The summed E-state index contributed by atoms with van der Waals surface area (Å²) >= 11 is 0. The molecule has 0 saturated carbocycles. The topological polar surface area (TPSA) is 124 Å². The van der Waals surface area contributed by atoms with Gasteiger partial charge in [0.1, 0.15) is 13.2 Å². The van der Waals surface area contributed by atoms with Crippen LogP contribution in [0.25, 0.3) is 0 Å². The van der Waals surface area contributed by atoms with Gasteiger partial charge in [0.25, 0.3) is 0 Å². The average Bonchev–Trinajstić information content (AvgIpc) is 3.12. The fourth-order valence-corrected chi connectivity index (χ4v) is 5.98. The second kappa shape index (κ2) is 31.2. The van der Waals surface area contributed by atoms with Gasteiger partial charge in [0.15, 0.2) is 5.79 Å². The Kier molecular flexibility index (Phi) is 28.7. The third-order valence-electron chi connectivity index (χ3n) is 9.58. The maximum absolute atomic E-state index is 12.5.